The number of aromatic hydroxyl groups is 1. The number of hydrogen-bond donors (Lipinski definition) is 1. The lowest BCUT2D eigenvalue weighted by Gasteiger charge is -2.30. The van der Waals surface area contributed by atoms with E-state index in [9.17, 15) is 9.90 Å². The molecule has 0 amide bonds. The van der Waals surface area contributed by atoms with Crippen LogP contribution in [0.4, 0.5) is 0 Å². The molecule has 6 rings (SSSR count). The van der Waals surface area contributed by atoms with Gasteiger partial charge in [0.05, 0.1) is 16.3 Å². The maximum Gasteiger partial charge on any atom is 0.271 e. The van der Waals surface area contributed by atoms with Gasteiger partial charge in [-0.1, -0.05) is 83.6 Å². The molecule has 33 heavy (non-hydrogen) atoms. The van der Waals surface area contributed by atoms with E-state index in [1.807, 2.05) is 16.7 Å². The molecule has 0 radical (unpaired) electrons. The van der Waals surface area contributed by atoms with Gasteiger partial charge in [0.25, 0.3) is 5.56 Å². The van der Waals surface area contributed by atoms with Crippen molar-refractivity contribution in [3.8, 4) is 5.75 Å². The zero-order valence-corrected chi connectivity index (χ0v) is 19.0. The van der Waals surface area contributed by atoms with Crippen LogP contribution in [0.5, 0.6) is 5.75 Å². The molecule has 2 heterocycles. The Morgan fingerprint density at radius 1 is 1.00 bits per heavy atom. The van der Waals surface area contributed by atoms with E-state index in [2.05, 4.69) is 55.5 Å². The van der Waals surface area contributed by atoms with Crippen LogP contribution < -0.4 is 14.9 Å². The lowest BCUT2D eigenvalue weighted by Crippen LogP contribution is -2.38. The number of benzene rings is 3. The van der Waals surface area contributed by atoms with Crippen molar-refractivity contribution in [3.05, 3.63) is 126 Å². The van der Waals surface area contributed by atoms with Crippen LogP contribution in [0, 0.1) is 6.92 Å². The molecule has 1 aromatic heterocycles. The van der Waals surface area contributed by atoms with Crippen LogP contribution in [0.1, 0.15) is 40.3 Å². The van der Waals surface area contributed by atoms with Gasteiger partial charge in [-0.15, -0.1) is 0 Å². The van der Waals surface area contributed by atoms with Gasteiger partial charge in [-0.25, -0.2) is 4.99 Å². The smallest absolute Gasteiger partial charge is 0.271 e. The fourth-order valence-electron chi connectivity index (χ4n) is 4.82. The molecule has 3 aromatic carbocycles. The molecule has 162 valence electrons. The first-order chi connectivity index (χ1) is 16.1. The first-order valence-corrected chi connectivity index (χ1v) is 11.9. The van der Waals surface area contributed by atoms with Gasteiger partial charge in [-0.3, -0.25) is 9.36 Å². The van der Waals surface area contributed by atoms with E-state index >= 15 is 0 Å². The van der Waals surface area contributed by atoms with Crippen molar-refractivity contribution >= 4 is 23.1 Å². The zero-order chi connectivity index (χ0) is 22.5. The van der Waals surface area contributed by atoms with Gasteiger partial charge in [-0.2, -0.15) is 0 Å². The third-order valence-electron chi connectivity index (χ3n) is 6.49. The second-order valence-electron chi connectivity index (χ2n) is 8.58. The molecule has 1 atom stereocenters. The van der Waals surface area contributed by atoms with Crippen molar-refractivity contribution < 1.29 is 5.11 Å². The van der Waals surface area contributed by atoms with Gasteiger partial charge in [0.15, 0.2) is 4.80 Å². The fraction of sp³-hybridized carbons (Fsp3) is 0.143. The minimum absolute atomic E-state index is 0.0713. The summed E-state index contributed by atoms with van der Waals surface area (Å²) in [5.41, 5.74) is 7.50. The van der Waals surface area contributed by atoms with Crippen molar-refractivity contribution in [1.82, 2.24) is 4.57 Å². The van der Waals surface area contributed by atoms with Crippen LogP contribution in [-0.2, 0) is 6.42 Å². The summed E-state index contributed by atoms with van der Waals surface area (Å²) < 4.78 is 2.41. The number of thiazole rings is 1. The molecule has 0 bridgehead atoms. The van der Waals surface area contributed by atoms with Crippen molar-refractivity contribution in [2.24, 2.45) is 4.99 Å². The number of phenolic OH excluding ortho intramolecular Hbond substituents is 1. The standard InChI is InChI=1S/C28H22N2O2S/c1-17-10-12-19(13-11-17)26-22-15-14-18-6-2-4-8-21(18)25(22)29-28-30(26)27(32)24(33-28)16-20-7-3-5-9-23(20)31/h2-13,16,26,31H,14-15H2,1H3/b24-16-. The number of aromatic nitrogens is 1. The molecule has 0 saturated heterocycles. The molecule has 1 aliphatic carbocycles. The number of phenols is 1. The molecule has 0 spiro atoms. The van der Waals surface area contributed by atoms with Crippen LogP contribution in [0.2, 0.25) is 0 Å². The molecule has 1 aliphatic heterocycles. The summed E-state index contributed by atoms with van der Waals surface area (Å²) in [5, 5.41) is 10.2. The lowest BCUT2D eigenvalue weighted by molar-refractivity contribution is 0.474. The van der Waals surface area contributed by atoms with Crippen LogP contribution in [0.25, 0.3) is 11.8 Å². The van der Waals surface area contributed by atoms with E-state index in [0.29, 0.717) is 14.9 Å². The highest BCUT2D eigenvalue weighted by atomic mass is 32.1. The van der Waals surface area contributed by atoms with Gasteiger partial charge in [0.2, 0.25) is 0 Å². The molecule has 4 aromatic rings. The Balaban J connectivity index is 1.64. The minimum Gasteiger partial charge on any atom is -0.507 e. The Bertz CT molecular complexity index is 1610. The molecule has 2 aliphatic rings. The van der Waals surface area contributed by atoms with Crippen LogP contribution in [0.3, 0.4) is 0 Å². The first-order valence-electron chi connectivity index (χ1n) is 11.1. The van der Waals surface area contributed by atoms with Crippen LogP contribution >= 0.6 is 11.3 Å². The zero-order valence-electron chi connectivity index (χ0n) is 18.2. The van der Waals surface area contributed by atoms with Gasteiger partial charge in [0.1, 0.15) is 5.75 Å². The Labute approximate surface area is 195 Å². The van der Waals surface area contributed by atoms with E-state index in [0.717, 1.165) is 29.7 Å². The van der Waals surface area contributed by atoms with E-state index in [1.165, 1.54) is 28.0 Å². The number of rotatable bonds is 2. The molecule has 5 heteroatoms. The third-order valence-corrected chi connectivity index (χ3v) is 7.47. The maximum atomic E-state index is 13.7. The summed E-state index contributed by atoms with van der Waals surface area (Å²) in [5.74, 6) is 0.159. The Morgan fingerprint density at radius 2 is 1.76 bits per heavy atom. The number of nitrogens with zero attached hydrogens (tertiary/aromatic N) is 2. The summed E-state index contributed by atoms with van der Waals surface area (Å²) >= 11 is 1.38. The molecular weight excluding hydrogens is 428 g/mol. The maximum absolute atomic E-state index is 13.7. The molecule has 1 N–H and O–H groups in total. The lowest BCUT2D eigenvalue weighted by atomic mass is 9.83. The highest BCUT2D eigenvalue weighted by molar-refractivity contribution is 7.07. The van der Waals surface area contributed by atoms with Crippen molar-refractivity contribution in [2.45, 2.75) is 25.8 Å². The number of aryl methyl sites for hydroxylation is 2. The number of hydrogen-bond acceptors (Lipinski definition) is 4. The Hall–Kier alpha value is -3.70. The topological polar surface area (TPSA) is 54.6 Å². The number of para-hydroxylation sites is 1. The highest BCUT2D eigenvalue weighted by Gasteiger charge is 2.32. The second kappa shape index (κ2) is 7.71. The SMILES string of the molecule is Cc1ccc(C2C3=C(N=c4s/c(=C\c5ccccc5O)c(=O)n42)c2ccccc2CC3)cc1. The predicted molar refractivity (Wildman–Crippen MR) is 132 cm³/mol. The largest absolute Gasteiger partial charge is 0.507 e. The summed E-state index contributed by atoms with van der Waals surface area (Å²) in [6, 6.07) is 23.8. The summed E-state index contributed by atoms with van der Waals surface area (Å²) in [7, 11) is 0. The molecule has 4 nitrogen and oxygen atoms in total. The van der Waals surface area contributed by atoms with Crippen LogP contribution in [0.15, 0.2) is 88.2 Å². The summed E-state index contributed by atoms with van der Waals surface area (Å²) in [4.78, 5) is 19.4. The number of fused-ring (bicyclic) bond motifs is 3. The predicted octanol–water partition coefficient (Wildman–Crippen LogP) is 4.33. The number of allylic oxidation sites excluding steroid dienone is 1. The summed E-state index contributed by atoms with van der Waals surface area (Å²) in [6.45, 7) is 2.07. The van der Waals surface area contributed by atoms with Crippen molar-refractivity contribution in [2.75, 3.05) is 0 Å². The Kier molecular flexibility index (Phi) is 4.66. The monoisotopic (exact) mass is 450 g/mol. The Morgan fingerprint density at radius 3 is 2.58 bits per heavy atom. The van der Waals surface area contributed by atoms with E-state index in [-0.39, 0.29) is 17.4 Å². The van der Waals surface area contributed by atoms with Crippen LogP contribution in [-0.4, -0.2) is 9.67 Å². The van der Waals surface area contributed by atoms with Gasteiger partial charge in [-0.05, 0) is 48.6 Å². The molecule has 1 unspecified atom stereocenters. The second-order valence-corrected chi connectivity index (χ2v) is 9.59. The van der Waals surface area contributed by atoms with Gasteiger partial charge >= 0.3 is 0 Å². The highest BCUT2D eigenvalue weighted by Crippen LogP contribution is 2.41. The normalized spacial score (nSPS) is 17.2. The minimum atomic E-state index is -0.184. The molecule has 0 fully saturated rings. The van der Waals surface area contributed by atoms with Crippen molar-refractivity contribution in [3.63, 3.8) is 0 Å². The van der Waals surface area contributed by atoms with Gasteiger partial charge in [0, 0.05) is 11.1 Å². The average molecular weight is 451 g/mol. The third kappa shape index (κ3) is 3.28. The van der Waals surface area contributed by atoms with E-state index < -0.39 is 0 Å². The molecular formula is C28H22N2O2S. The fourth-order valence-corrected chi connectivity index (χ4v) is 5.81. The van der Waals surface area contributed by atoms with Crippen molar-refractivity contribution in [1.29, 1.82) is 0 Å². The quantitative estimate of drug-likeness (QED) is 0.494. The molecule has 0 saturated carbocycles. The summed E-state index contributed by atoms with van der Waals surface area (Å²) in [6.07, 6.45) is 3.58. The first kappa shape index (κ1) is 19.9. The van der Waals surface area contributed by atoms with E-state index in [1.54, 1.807) is 18.2 Å². The van der Waals surface area contributed by atoms with E-state index in [4.69, 9.17) is 4.99 Å². The van der Waals surface area contributed by atoms with Gasteiger partial charge < -0.3 is 5.11 Å². The average Bonchev–Trinajstić information content (AvgIpc) is 3.14.